The van der Waals surface area contributed by atoms with Crippen LogP contribution in [0.1, 0.15) is 37.0 Å². The Bertz CT molecular complexity index is 448. The van der Waals surface area contributed by atoms with E-state index in [0.717, 1.165) is 6.54 Å². The fourth-order valence-corrected chi connectivity index (χ4v) is 2.52. The molecule has 0 aliphatic carbocycles. The minimum atomic E-state index is 0.00721. The fourth-order valence-electron chi connectivity index (χ4n) is 2.52. The molecule has 0 radical (unpaired) electrons. The van der Waals surface area contributed by atoms with Crippen molar-refractivity contribution in [1.29, 1.82) is 0 Å². The maximum atomic E-state index is 11.6. The van der Waals surface area contributed by atoms with Crippen LogP contribution < -0.4 is 0 Å². The second-order valence-corrected chi connectivity index (χ2v) is 5.81. The lowest BCUT2D eigenvalue weighted by atomic mass is 10.00. The Balaban J connectivity index is 2.21. The van der Waals surface area contributed by atoms with Crippen molar-refractivity contribution >= 4 is 5.78 Å². The summed E-state index contributed by atoms with van der Waals surface area (Å²) < 4.78 is 0. The Hall–Kier alpha value is -1.15. The van der Waals surface area contributed by atoms with Crippen LogP contribution in [0.2, 0.25) is 0 Å². The smallest absolute Gasteiger partial charge is 0.148 e. The SMILES string of the molecule is Cc1ccc(C)c(CN2CC(=O)CC2(C)C)c1. The molecule has 1 fully saturated rings. The molecule has 17 heavy (non-hydrogen) atoms. The first-order valence-electron chi connectivity index (χ1n) is 6.21. The number of ketones is 1. The molecule has 1 aromatic carbocycles. The normalized spacial score (nSPS) is 19.9. The minimum Gasteiger partial charge on any atom is -0.298 e. The average Bonchev–Trinajstić information content (AvgIpc) is 2.46. The van der Waals surface area contributed by atoms with E-state index in [1.807, 2.05) is 0 Å². The van der Waals surface area contributed by atoms with E-state index in [1.54, 1.807) is 0 Å². The molecular weight excluding hydrogens is 210 g/mol. The lowest BCUT2D eigenvalue weighted by Gasteiger charge is -2.31. The molecule has 0 N–H and O–H groups in total. The minimum absolute atomic E-state index is 0.00721. The predicted molar refractivity (Wildman–Crippen MR) is 70.0 cm³/mol. The van der Waals surface area contributed by atoms with Gasteiger partial charge in [0.1, 0.15) is 5.78 Å². The maximum Gasteiger partial charge on any atom is 0.148 e. The molecule has 1 heterocycles. The highest BCUT2D eigenvalue weighted by molar-refractivity contribution is 5.84. The molecule has 92 valence electrons. The number of nitrogens with zero attached hydrogens (tertiary/aromatic N) is 1. The quantitative estimate of drug-likeness (QED) is 0.780. The van der Waals surface area contributed by atoms with Crippen LogP contribution in [-0.4, -0.2) is 22.8 Å². The first-order valence-corrected chi connectivity index (χ1v) is 6.21. The molecule has 0 bridgehead atoms. The van der Waals surface area contributed by atoms with Crippen LogP contribution in [0.15, 0.2) is 18.2 Å². The Kier molecular flexibility index (Phi) is 3.09. The first-order chi connectivity index (χ1) is 7.88. The number of carbonyl (C=O) groups is 1. The molecule has 0 amide bonds. The van der Waals surface area contributed by atoms with Crippen LogP contribution in [0.25, 0.3) is 0 Å². The Labute approximate surface area is 104 Å². The molecular formula is C15H21NO. The van der Waals surface area contributed by atoms with Gasteiger partial charge in [-0.3, -0.25) is 9.69 Å². The highest BCUT2D eigenvalue weighted by Crippen LogP contribution is 2.28. The van der Waals surface area contributed by atoms with Crippen LogP contribution in [0.5, 0.6) is 0 Å². The van der Waals surface area contributed by atoms with Crippen LogP contribution in [0.4, 0.5) is 0 Å². The van der Waals surface area contributed by atoms with Crippen molar-refractivity contribution in [3.63, 3.8) is 0 Å². The third-order valence-electron chi connectivity index (χ3n) is 3.72. The molecule has 0 unspecified atom stereocenters. The van der Waals surface area contributed by atoms with Crippen molar-refractivity contribution in [3.8, 4) is 0 Å². The first kappa shape index (κ1) is 12.3. The fraction of sp³-hybridized carbons (Fsp3) is 0.533. The zero-order valence-electron chi connectivity index (χ0n) is 11.2. The van der Waals surface area contributed by atoms with E-state index in [4.69, 9.17) is 0 Å². The van der Waals surface area contributed by atoms with Gasteiger partial charge in [-0.1, -0.05) is 23.8 Å². The van der Waals surface area contributed by atoms with Crippen molar-refractivity contribution in [2.45, 2.75) is 46.2 Å². The van der Waals surface area contributed by atoms with Crippen molar-refractivity contribution in [3.05, 3.63) is 34.9 Å². The number of Topliss-reactive ketones (excluding diaryl/α,β-unsaturated/α-hetero) is 1. The van der Waals surface area contributed by atoms with Gasteiger partial charge in [-0.2, -0.15) is 0 Å². The van der Waals surface area contributed by atoms with Gasteiger partial charge in [0.15, 0.2) is 0 Å². The highest BCUT2D eigenvalue weighted by Gasteiger charge is 2.37. The second-order valence-electron chi connectivity index (χ2n) is 5.81. The third-order valence-corrected chi connectivity index (χ3v) is 3.72. The summed E-state index contributed by atoms with van der Waals surface area (Å²) in [5.74, 6) is 0.361. The number of hydrogen-bond acceptors (Lipinski definition) is 2. The number of hydrogen-bond donors (Lipinski definition) is 0. The summed E-state index contributed by atoms with van der Waals surface area (Å²) in [5, 5.41) is 0. The summed E-state index contributed by atoms with van der Waals surface area (Å²) in [6.07, 6.45) is 0.678. The van der Waals surface area contributed by atoms with E-state index >= 15 is 0 Å². The van der Waals surface area contributed by atoms with Gasteiger partial charge in [-0.15, -0.1) is 0 Å². The lowest BCUT2D eigenvalue weighted by Crippen LogP contribution is -2.37. The number of rotatable bonds is 2. The van der Waals surface area contributed by atoms with Gasteiger partial charge in [0.25, 0.3) is 0 Å². The summed E-state index contributed by atoms with van der Waals surface area (Å²) in [7, 11) is 0. The zero-order valence-corrected chi connectivity index (χ0v) is 11.2. The van der Waals surface area contributed by atoms with Crippen LogP contribution >= 0.6 is 0 Å². The molecule has 1 saturated heterocycles. The predicted octanol–water partition coefficient (Wildman–Crippen LogP) is 2.86. The van der Waals surface area contributed by atoms with Gasteiger partial charge in [0, 0.05) is 18.5 Å². The number of benzene rings is 1. The van der Waals surface area contributed by atoms with E-state index in [0.29, 0.717) is 18.7 Å². The second kappa shape index (κ2) is 4.26. The van der Waals surface area contributed by atoms with Crippen molar-refractivity contribution in [2.24, 2.45) is 0 Å². The highest BCUT2D eigenvalue weighted by atomic mass is 16.1. The lowest BCUT2D eigenvalue weighted by molar-refractivity contribution is -0.117. The van der Waals surface area contributed by atoms with Gasteiger partial charge in [0.2, 0.25) is 0 Å². The molecule has 0 aromatic heterocycles. The van der Waals surface area contributed by atoms with E-state index in [2.05, 4.69) is 50.8 Å². The Morgan fingerprint density at radius 2 is 2.00 bits per heavy atom. The molecule has 1 aromatic rings. The van der Waals surface area contributed by atoms with Gasteiger partial charge in [-0.25, -0.2) is 0 Å². The van der Waals surface area contributed by atoms with Gasteiger partial charge >= 0.3 is 0 Å². The summed E-state index contributed by atoms with van der Waals surface area (Å²) in [6, 6.07) is 6.53. The van der Waals surface area contributed by atoms with Gasteiger partial charge in [-0.05, 0) is 38.8 Å². The van der Waals surface area contributed by atoms with Crippen molar-refractivity contribution in [1.82, 2.24) is 4.90 Å². The van der Waals surface area contributed by atoms with Crippen molar-refractivity contribution < 1.29 is 4.79 Å². The Morgan fingerprint density at radius 1 is 1.29 bits per heavy atom. The Morgan fingerprint density at radius 3 is 2.59 bits per heavy atom. The van der Waals surface area contributed by atoms with E-state index < -0.39 is 0 Å². The average molecular weight is 231 g/mol. The molecule has 0 saturated carbocycles. The molecule has 0 spiro atoms. The van der Waals surface area contributed by atoms with E-state index in [9.17, 15) is 4.79 Å². The van der Waals surface area contributed by atoms with Crippen molar-refractivity contribution in [2.75, 3.05) is 6.54 Å². The largest absolute Gasteiger partial charge is 0.298 e. The van der Waals surface area contributed by atoms with Gasteiger partial charge in [0.05, 0.1) is 6.54 Å². The molecule has 2 nitrogen and oxygen atoms in total. The number of likely N-dealkylation sites (tertiary alicyclic amines) is 1. The molecule has 1 aliphatic heterocycles. The number of aryl methyl sites for hydroxylation is 2. The molecule has 1 aliphatic rings. The molecule has 2 rings (SSSR count). The zero-order chi connectivity index (χ0) is 12.6. The van der Waals surface area contributed by atoms with Crippen LogP contribution in [-0.2, 0) is 11.3 Å². The summed E-state index contributed by atoms with van der Waals surface area (Å²) in [4.78, 5) is 13.9. The number of carbonyl (C=O) groups excluding carboxylic acids is 1. The third kappa shape index (κ3) is 2.58. The summed E-state index contributed by atoms with van der Waals surface area (Å²) >= 11 is 0. The topological polar surface area (TPSA) is 20.3 Å². The van der Waals surface area contributed by atoms with E-state index in [-0.39, 0.29) is 5.54 Å². The molecule has 2 heteroatoms. The van der Waals surface area contributed by atoms with Crippen LogP contribution in [0.3, 0.4) is 0 Å². The van der Waals surface area contributed by atoms with Gasteiger partial charge < -0.3 is 0 Å². The van der Waals surface area contributed by atoms with Crippen LogP contribution in [0, 0.1) is 13.8 Å². The molecule has 0 atom stereocenters. The monoisotopic (exact) mass is 231 g/mol. The summed E-state index contributed by atoms with van der Waals surface area (Å²) in [5.41, 5.74) is 3.94. The maximum absolute atomic E-state index is 11.6. The van der Waals surface area contributed by atoms with E-state index in [1.165, 1.54) is 16.7 Å². The standard InChI is InChI=1S/C15H21NO/c1-11-5-6-12(2)13(7-11)9-16-10-14(17)8-15(16,3)4/h5-7H,8-10H2,1-4H3. The summed E-state index contributed by atoms with van der Waals surface area (Å²) in [6.45, 7) is 10.0.